The van der Waals surface area contributed by atoms with E-state index in [0.717, 1.165) is 23.2 Å². The molecule has 0 bridgehead atoms. The number of nitrogens with one attached hydrogen (secondary N) is 1. The summed E-state index contributed by atoms with van der Waals surface area (Å²) in [6.45, 7) is 3.49. The van der Waals surface area contributed by atoms with E-state index in [-0.39, 0.29) is 18.3 Å². The summed E-state index contributed by atoms with van der Waals surface area (Å²) in [5.41, 5.74) is 2.88. The molecule has 2 aromatic rings. The Kier molecular flexibility index (Phi) is 5.92. The number of para-hydroxylation sites is 1. The standard InChI is InChI=1S/C19H21NO3/c1-14-5-3-4-6-18(14)20-19(22)13-23-17-11-9-16(10-12-17)8-7-15(2)21/h3-6,9-12H,7-8,13H2,1-2H3,(H,20,22). The monoisotopic (exact) mass is 311 g/mol. The second kappa shape index (κ2) is 8.13. The fourth-order valence-electron chi connectivity index (χ4n) is 2.12. The molecule has 0 radical (unpaired) electrons. The van der Waals surface area contributed by atoms with Gasteiger partial charge < -0.3 is 14.8 Å². The lowest BCUT2D eigenvalue weighted by Crippen LogP contribution is -2.20. The Morgan fingerprint density at radius 2 is 1.74 bits per heavy atom. The van der Waals surface area contributed by atoms with Crippen molar-refractivity contribution < 1.29 is 14.3 Å². The largest absolute Gasteiger partial charge is 0.484 e. The van der Waals surface area contributed by atoms with Crippen LogP contribution in [0.5, 0.6) is 5.75 Å². The maximum Gasteiger partial charge on any atom is 0.262 e. The fraction of sp³-hybridized carbons (Fsp3) is 0.263. The van der Waals surface area contributed by atoms with E-state index in [4.69, 9.17) is 4.74 Å². The first-order valence-electron chi connectivity index (χ1n) is 7.61. The van der Waals surface area contributed by atoms with Crippen molar-refractivity contribution in [3.8, 4) is 5.75 Å². The third-order valence-corrected chi connectivity index (χ3v) is 3.48. The van der Waals surface area contributed by atoms with E-state index in [0.29, 0.717) is 12.2 Å². The SMILES string of the molecule is CC(=O)CCc1ccc(OCC(=O)Nc2ccccc2C)cc1. The van der Waals surface area contributed by atoms with Crippen molar-refractivity contribution >= 4 is 17.4 Å². The van der Waals surface area contributed by atoms with Gasteiger partial charge in [0.05, 0.1) is 0 Å². The summed E-state index contributed by atoms with van der Waals surface area (Å²) < 4.78 is 5.48. The van der Waals surface area contributed by atoms with Crippen molar-refractivity contribution in [2.24, 2.45) is 0 Å². The number of hydrogen-bond acceptors (Lipinski definition) is 3. The summed E-state index contributed by atoms with van der Waals surface area (Å²) >= 11 is 0. The van der Waals surface area contributed by atoms with Crippen molar-refractivity contribution in [3.63, 3.8) is 0 Å². The number of aryl methyl sites for hydroxylation is 2. The van der Waals surface area contributed by atoms with Crippen molar-refractivity contribution in [3.05, 3.63) is 59.7 Å². The molecule has 0 unspecified atom stereocenters. The van der Waals surface area contributed by atoms with Gasteiger partial charge in [-0.15, -0.1) is 0 Å². The van der Waals surface area contributed by atoms with Crippen molar-refractivity contribution in [2.75, 3.05) is 11.9 Å². The predicted octanol–water partition coefficient (Wildman–Crippen LogP) is 3.53. The molecule has 0 aromatic heterocycles. The Labute approximate surface area is 136 Å². The summed E-state index contributed by atoms with van der Waals surface area (Å²) in [7, 11) is 0. The van der Waals surface area contributed by atoms with Gasteiger partial charge in [0.2, 0.25) is 0 Å². The lowest BCUT2D eigenvalue weighted by Gasteiger charge is -2.09. The topological polar surface area (TPSA) is 55.4 Å². The van der Waals surface area contributed by atoms with Gasteiger partial charge in [-0.2, -0.15) is 0 Å². The number of ketones is 1. The van der Waals surface area contributed by atoms with Gasteiger partial charge in [0.25, 0.3) is 5.91 Å². The van der Waals surface area contributed by atoms with Crippen LogP contribution in [0.1, 0.15) is 24.5 Å². The Morgan fingerprint density at radius 3 is 2.39 bits per heavy atom. The number of Topliss-reactive ketones (excluding diaryl/α,β-unsaturated/α-hetero) is 1. The number of carbonyl (C=O) groups is 2. The minimum atomic E-state index is -0.194. The number of hydrogen-bond donors (Lipinski definition) is 1. The molecule has 0 aliphatic rings. The molecule has 0 fully saturated rings. The zero-order valence-corrected chi connectivity index (χ0v) is 13.5. The second-order valence-electron chi connectivity index (χ2n) is 5.50. The van der Waals surface area contributed by atoms with E-state index < -0.39 is 0 Å². The first-order valence-corrected chi connectivity index (χ1v) is 7.61. The first kappa shape index (κ1) is 16.7. The zero-order valence-electron chi connectivity index (χ0n) is 13.5. The molecule has 0 aliphatic carbocycles. The molecule has 1 N–H and O–H groups in total. The van der Waals surface area contributed by atoms with Gasteiger partial charge in [0.15, 0.2) is 6.61 Å². The van der Waals surface area contributed by atoms with Crippen molar-refractivity contribution in [1.82, 2.24) is 0 Å². The van der Waals surface area contributed by atoms with E-state index in [1.165, 1.54) is 0 Å². The molecule has 120 valence electrons. The lowest BCUT2D eigenvalue weighted by molar-refractivity contribution is -0.118. The molecule has 23 heavy (non-hydrogen) atoms. The van der Waals surface area contributed by atoms with E-state index in [9.17, 15) is 9.59 Å². The minimum Gasteiger partial charge on any atom is -0.484 e. The van der Waals surface area contributed by atoms with Crippen LogP contribution in [0.2, 0.25) is 0 Å². The van der Waals surface area contributed by atoms with Gasteiger partial charge in [-0.3, -0.25) is 4.79 Å². The smallest absolute Gasteiger partial charge is 0.262 e. The summed E-state index contributed by atoms with van der Waals surface area (Å²) in [5.74, 6) is 0.620. The van der Waals surface area contributed by atoms with E-state index >= 15 is 0 Å². The number of ether oxygens (including phenoxy) is 1. The molecule has 1 amide bonds. The maximum atomic E-state index is 11.9. The lowest BCUT2D eigenvalue weighted by atomic mass is 10.1. The van der Waals surface area contributed by atoms with Gasteiger partial charge in [-0.05, 0) is 49.6 Å². The van der Waals surface area contributed by atoms with Crippen LogP contribution >= 0.6 is 0 Å². The third-order valence-electron chi connectivity index (χ3n) is 3.48. The molecule has 0 saturated carbocycles. The van der Waals surface area contributed by atoms with Gasteiger partial charge >= 0.3 is 0 Å². The quantitative estimate of drug-likeness (QED) is 0.851. The van der Waals surface area contributed by atoms with Crippen LogP contribution in [0, 0.1) is 6.92 Å². The highest BCUT2D eigenvalue weighted by atomic mass is 16.5. The fourth-order valence-corrected chi connectivity index (χ4v) is 2.12. The zero-order chi connectivity index (χ0) is 16.7. The number of amides is 1. The molecular formula is C19H21NO3. The molecule has 2 aromatic carbocycles. The second-order valence-corrected chi connectivity index (χ2v) is 5.50. The molecule has 4 nitrogen and oxygen atoms in total. The van der Waals surface area contributed by atoms with Crippen LogP contribution in [-0.4, -0.2) is 18.3 Å². The normalized spacial score (nSPS) is 10.2. The molecule has 0 spiro atoms. The molecular weight excluding hydrogens is 290 g/mol. The van der Waals surface area contributed by atoms with Crippen LogP contribution < -0.4 is 10.1 Å². The predicted molar refractivity (Wildman–Crippen MR) is 90.7 cm³/mol. The number of rotatable bonds is 7. The maximum absolute atomic E-state index is 11.9. The van der Waals surface area contributed by atoms with E-state index in [2.05, 4.69) is 5.32 Å². The highest BCUT2D eigenvalue weighted by molar-refractivity contribution is 5.92. The van der Waals surface area contributed by atoms with Crippen LogP contribution in [0.15, 0.2) is 48.5 Å². The van der Waals surface area contributed by atoms with E-state index in [1.807, 2.05) is 55.5 Å². The molecule has 2 rings (SSSR count). The summed E-state index contributed by atoms with van der Waals surface area (Å²) in [4.78, 5) is 22.9. The van der Waals surface area contributed by atoms with Crippen molar-refractivity contribution in [2.45, 2.75) is 26.7 Å². The highest BCUT2D eigenvalue weighted by Gasteiger charge is 2.05. The minimum absolute atomic E-state index is 0.0405. The summed E-state index contributed by atoms with van der Waals surface area (Å²) in [6, 6.07) is 15.1. The van der Waals surface area contributed by atoms with Gasteiger partial charge in [-0.1, -0.05) is 30.3 Å². The Balaban J connectivity index is 1.82. The van der Waals surface area contributed by atoms with E-state index in [1.54, 1.807) is 6.92 Å². The summed E-state index contributed by atoms with van der Waals surface area (Å²) in [5, 5.41) is 2.82. The highest BCUT2D eigenvalue weighted by Crippen LogP contribution is 2.15. The van der Waals surface area contributed by atoms with Gasteiger partial charge in [-0.25, -0.2) is 0 Å². The van der Waals surface area contributed by atoms with Gasteiger partial charge in [0.1, 0.15) is 11.5 Å². The number of benzene rings is 2. The number of anilines is 1. The van der Waals surface area contributed by atoms with Crippen LogP contribution in [-0.2, 0) is 16.0 Å². The Hall–Kier alpha value is -2.62. The van der Waals surface area contributed by atoms with Crippen LogP contribution in [0.25, 0.3) is 0 Å². The van der Waals surface area contributed by atoms with Crippen LogP contribution in [0.4, 0.5) is 5.69 Å². The van der Waals surface area contributed by atoms with Crippen molar-refractivity contribution in [1.29, 1.82) is 0 Å². The van der Waals surface area contributed by atoms with Crippen LogP contribution in [0.3, 0.4) is 0 Å². The third kappa shape index (κ3) is 5.58. The Bertz CT molecular complexity index is 677. The molecule has 0 atom stereocenters. The Morgan fingerprint density at radius 1 is 1.04 bits per heavy atom. The molecule has 4 heteroatoms. The summed E-state index contributed by atoms with van der Waals surface area (Å²) in [6.07, 6.45) is 1.27. The molecule has 0 heterocycles. The number of carbonyl (C=O) groups excluding carboxylic acids is 2. The molecule has 0 aliphatic heterocycles. The average Bonchev–Trinajstić information content (AvgIpc) is 2.54. The first-order chi connectivity index (χ1) is 11.0. The molecule has 0 saturated heterocycles. The van der Waals surface area contributed by atoms with Gasteiger partial charge in [0, 0.05) is 12.1 Å². The average molecular weight is 311 g/mol.